The molecule has 0 spiro atoms. The van der Waals surface area contributed by atoms with Crippen LogP contribution in [0.4, 0.5) is 5.82 Å². The van der Waals surface area contributed by atoms with Crippen LogP contribution < -0.4 is 5.73 Å². The van der Waals surface area contributed by atoms with Crippen LogP contribution in [0.5, 0.6) is 0 Å². The van der Waals surface area contributed by atoms with Gasteiger partial charge in [-0.2, -0.15) is 0 Å². The number of rotatable bonds is 6. The molecule has 1 fully saturated rings. The molecule has 176 valence electrons. The van der Waals surface area contributed by atoms with Gasteiger partial charge in [-0.1, -0.05) is 35.8 Å². The van der Waals surface area contributed by atoms with E-state index in [-0.39, 0.29) is 0 Å². The van der Waals surface area contributed by atoms with Crippen LogP contribution in [0, 0.1) is 12.3 Å². The Bertz CT molecular complexity index is 1360. The molecule has 1 aromatic carbocycles. The zero-order valence-electron chi connectivity index (χ0n) is 19.9. The van der Waals surface area contributed by atoms with E-state index in [0.29, 0.717) is 18.4 Å². The molecule has 4 aromatic rings. The first-order valence-corrected chi connectivity index (χ1v) is 12.0. The van der Waals surface area contributed by atoms with Gasteiger partial charge in [0.1, 0.15) is 11.5 Å². The van der Waals surface area contributed by atoms with Gasteiger partial charge >= 0.3 is 0 Å². The maximum Gasteiger partial charge on any atom is 0.124 e. The Kier molecular flexibility index (Phi) is 6.55. The lowest BCUT2D eigenvalue weighted by Gasteiger charge is -2.32. The first kappa shape index (κ1) is 22.8. The molecular weight excluding hydrogens is 434 g/mol. The number of nitrogens with zero attached hydrogens (tertiary/aromatic N) is 6. The molecular formula is C28H29N7. The van der Waals surface area contributed by atoms with Crippen molar-refractivity contribution in [3.8, 4) is 34.9 Å². The Labute approximate surface area is 206 Å². The van der Waals surface area contributed by atoms with E-state index in [9.17, 15) is 0 Å². The summed E-state index contributed by atoms with van der Waals surface area (Å²) in [6.45, 7) is 5.08. The number of pyridine rings is 2. The van der Waals surface area contributed by atoms with Crippen molar-refractivity contribution < 1.29 is 0 Å². The number of benzene rings is 1. The van der Waals surface area contributed by atoms with E-state index in [0.717, 1.165) is 52.6 Å². The van der Waals surface area contributed by atoms with Gasteiger partial charge in [-0.25, -0.2) is 9.67 Å². The van der Waals surface area contributed by atoms with Crippen LogP contribution in [0.15, 0.2) is 60.8 Å². The first-order chi connectivity index (χ1) is 17.1. The molecule has 0 unspecified atom stereocenters. The Morgan fingerprint density at radius 2 is 1.80 bits per heavy atom. The fourth-order valence-corrected chi connectivity index (χ4v) is 4.60. The molecule has 0 radical (unpaired) electrons. The third-order valence-electron chi connectivity index (χ3n) is 6.52. The number of aromatic nitrogens is 5. The molecule has 0 saturated carbocycles. The van der Waals surface area contributed by atoms with E-state index < -0.39 is 0 Å². The summed E-state index contributed by atoms with van der Waals surface area (Å²) in [4.78, 5) is 11.9. The highest BCUT2D eigenvalue weighted by Crippen LogP contribution is 2.27. The summed E-state index contributed by atoms with van der Waals surface area (Å²) in [6, 6.07) is 18.0. The Morgan fingerprint density at radius 3 is 2.63 bits per heavy atom. The molecule has 7 nitrogen and oxygen atoms in total. The van der Waals surface area contributed by atoms with E-state index in [1.54, 1.807) is 0 Å². The summed E-state index contributed by atoms with van der Waals surface area (Å²) in [6.07, 6.45) is 11.3. The third-order valence-corrected chi connectivity index (χ3v) is 6.52. The van der Waals surface area contributed by atoms with Crippen LogP contribution >= 0.6 is 0 Å². The van der Waals surface area contributed by atoms with Crippen molar-refractivity contribution in [1.29, 1.82) is 0 Å². The van der Waals surface area contributed by atoms with Gasteiger partial charge in [0.25, 0.3) is 0 Å². The fourth-order valence-electron chi connectivity index (χ4n) is 4.60. The topological polar surface area (TPSA) is 85.8 Å². The van der Waals surface area contributed by atoms with Gasteiger partial charge in [-0.3, -0.25) is 9.88 Å². The molecule has 0 amide bonds. The van der Waals surface area contributed by atoms with Crippen LogP contribution in [0.2, 0.25) is 0 Å². The molecule has 0 bridgehead atoms. The predicted octanol–water partition coefficient (Wildman–Crippen LogP) is 4.56. The molecule has 5 rings (SSSR count). The number of hydrogen-bond acceptors (Lipinski definition) is 6. The lowest BCUT2D eigenvalue weighted by molar-refractivity contribution is 0.172. The first-order valence-electron chi connectivity index (χ1n) is 12.0. The van der Waals surface area contributed by atoms with Crippen molar-refractivity contribution in [3.63, 3.8) is 0 Å². The van der Waals surface area contributed by atoms with E-state index in [2.05, 4.69) is 45.2 Å². The van der Waals surface area contributed by atoms with Gasteiger partial charge in [0, 0.05) is 22.7 Å². The summed E-state index contributed by atoms with van der Waals surface area (Å²) in [5, 5.41) is 8.72. The maximum atomic E-state index is 6.12. The molecule has 7 heteroatoms. The standard InChI is InChI=1S/C28H29N7/c1-3-21-9-7-10-22(15-21)26-16-23(17-28(29)31-26)27-19-35(33-32-27)18-24-11-8-12-25(30-24)20(2)34-13-5-4-6-14-34/h1,7-12,15-17,19-20H,4-6,13-14,18H2,2H3,(H2,29,31)/t20-/m1/s1. The molecule has 1 aliphatic heterocycles. The highest BCUT2D eigenvalue weighted by molar-refractivity contribution is 5.71. The molecule has 1 atom stereocenters. The van der Waals surface area contributed by atoms with Gasteiger partial charge in [-0.05, 0) is 69.3 Å². The van der Waals surface area contributed by atoms with Crippen molar-refractivity contribution in [2.75, 3.05) is 18.8 Å². The minimum absolute atomic E-state index is 0.313. The Morgan fingerprint density at radius 1 is 0.971 bits per heavy atom. The normalized spacial score (nSPS) is 15.0. The molecule has 3 aromatic heterocycles. The summed E-state index contributed by atoms with van der Waals surface area (Å²) in [5.74, 6) is 3.08. The molecule has 4 heterocycles. The Balaban J connectivity index is 1.35. The predicted molar refractivity (Wildman–Crippen MR) is 138 cm³/mol. The second-order valence-electron chi connectivity index (χ2n) is 9.02. The lowest BCUT2D eigenvalue weighted by atomic mass is 10.1. The second-order valence-corrected chi connectivity index (χ2v) is 9.02. The summed E-state index contributed by atoms with van der Waals surface area (Å²) < 4.78 is 1.81. The lowest BCUT2D eigenvalue weighted by Crippen LogP contribution is -2.32. The van der Waals surface area contributed by atoms with Gasteiger partial charge in [-0.15, -0.1) is 11.5 Å². The van der Waals surface area contributed by atoms with E-state index in [4.69, 9.17) is 17.1 Å². The summed E-state index contributed by atoms with van der Waals surface area (Å²) in [7, 11) is 0. The fraction of sp³-hybridized carbons (Fsp3) is 0.286. The molecule has 0 aliphatic carbocycles. The van der Waals surface area contributed by atoms with Crippen LogP contribution in [-0.4, -0.2) is 43.0 Å². The number of anilines is 1. The van der Waals surface area contributed by atoms with E-state index in [1.807, 2.05) is 53.3 Å². The van der Waals surface area contributed by atoms with Gasteiger partial charge in [0.15, 0.2) is 0 Å². The average molecular weight is 464 g/mol. The van der Waals surface area contributed by atoms with Crippen LogP contribution in [0.1, 0.15) is 49.2 Å². The van der Waals surface area contributed by atoms with Crippen molar-refractivity contribution in [2.24, 2.45) is 0 Å². The minimum Gasteiger partial charge on any atom is -0.384 e. The van der Waals surface area contributed by atoms with Crippen molar-refractivity contribution in [1.82, 2.24) is 29.9 Å². The molecule has 1 saturated heterocycles. The number of likely N-dealkylation sites (tertiary alicyclic amines) is 1. The molecule has 35 heavy (non-hydrogen) atoms. The zero-order valence-corrected chi connectivity index (χ0v) is 19.9. The van der Waals surface area contributed by atoms with Crippen LogP contribution in [0.25, 0.3) is 22.5 Å². The van der Waals surface area contributed by atoms with Crippen molar-refractivity contribution >= 4 is 5.82 Å². The number of piperidine rings is 1. The van der Waals surface area contributed by atoms with Crippen molar-refractivity contribution in [3.05, 3.63) is 77.7 Å². The minimum atomic E-state index is 0.313. The largest absolute Gasteiger partial charge is 0.384 e. The number of nitrogen functional groups attached to an aromatic ring is 1. The molecule has 1 aliphatic rings. The van der Waals surface area contributed by atoms with Gasteiger partial charge in [0.2, 0.25) is 0 Å². The zero-order chi connectivity index (χ0) is 24.2. The van der Waals surface area contributed by atoms with E-state index >= 15 is 0 Å². The Hall–Kier alpha value is -4.02. The number of hydrogen-bond donors (Lipinski definition) is 1. The highest BCUT2D eigenvalue weighted by atomic mass is 15.4. The smallest absolute Gasteiger partial charge is 0.124 e. The van der Waals surface area contributed by atoms with E-state index in [1.165, 1.54) is 19.3 Å². The second kappa shape index (κ2) is 10.1. The van der Waals surface area contributed by atoms with Gasteiger partial charge < -0.3 is 5.73 Å². The average Bonchev–Trinajstić information content (AvgIpc) is 3.37. The van der Waals surface area contributed by atoms with Crippen LogP contribution in [0.3, 0.4) is 0 Å². The van der Waals surface area contributed by atoms with Crippen molar-refractivity contribution in [2.45, 2.75) is 38.8 Å². The van der Waals surface area contributed by atoms with Gasteiger partial charge in [0.05, 0.1) is 29.8 Å². The quantitative estimate of drug-likeness (QED) is 0.422. The third kappa shape index (κ3) is 5.23. The maximum absolute atomic E-state index is 6.12. The highest BCUT2D eigenvalue weighted by Gasteiger charge is 2.19. The SMILES string of the molecule is C#Cc1cccc(-c2cc(-c3cn(Cc4cccc([C@@H](C)N5CCCCC5)n4)nn3)cc(N)n2)c1. The number of terminal acetylenes is 1. The summed E-state index contributed by atoms with van der Waals surface area (Å²) in [5.41, 5.74) is 12.2. The monoisotopic (exact) mass is 463 g/mol. The number of nitrogens with two attached hydrogens (primary N) is 1. The van der Waals surface area contributed by atoms with Crippen LogP contribution in [-0.2, 0) is 6.54 Å². The molecule has 2 N–H and O–H groups in total. The summed E-state index contributed by atoms with van der Waals surface area (Å²) >= 11 is 0.